The van der Waals surface area contributed by atoms with Gasteiger partial charge in [-0.25, -0.2) is 4.39 Å². The van der Waals surface area contributed by atoms with E-state index in [0.717, 1.165) is 40.9 Å². The average molecular weight is 483 g/mol. The van der Waals surface area contributed by atoms with Crippen molar-refractivity contribution in [2.24, 2.45) is 0 Å². The second-order valence-electron chi connectivity index (χ2n) is 6.41. The Kier molecular flexibility index (Phi) is 8.50. The normalized spacial score (nSPS) is 10.9. The van der Waals surface area contributed by atoms with Gasteiger partial charge in [-0.3, -0.25) is 4.79 Å². The van der Waals surface area contributed by atoms with Crippen LogP contribution in [-0.4, -0.2) is 37.0 Å². The summed E-state index contributed by atoms with van der Waals surface area (Å²) in [4.78, 5) is 14.9. The van der Waals surface area contributed by atoms with E-state index in [1.54, 1.807) is 6.07 Å². The highest BCUT2D eigenvalue weighted by Crippen LogP contribution is 2.25. The van der Waals surface area contributed by atoms with E-state index in [-0.39, 0.29) is 5.91 Å². The van der Waals surface area contributed by atoms with Gasteiger partial charge < -0.3 is 15.5 Å². The highest BCUT2D eigenvalue weighted by molar-refractivity contribution is 14.1. The molecule has 0 saturated carbocycles. The molecule has 0 aliphatic rings. The zero-order valence-corrected chi connectivity index (χ0v) is 18.3. The Hall–Kier alpha value is -1.67. The molecule has 27 heavy (non-hydrogen) atoms. The zero-order valence-electron chi connectivity index (χ0n) is 16.1. The summed E-state index contributed by atoms with van der Waals surface area (Å²) in [7, 11) is 0. The van der Waals surface area contributed by atoms with Gasteiger partial charge in [-0.05, 0) is 97.5 Å². The number of nitrogens with one attached hydrogen (secondary N) is 2. The van der Waals surface area contributed by atoms with Crippen molar-refractivity contribution in [1.29, 1.82) is 0 Å². The number of hydrogen-bond donors (Lipinski definition) is 2. The molecular formula is C21H27FIN3O. The molecule has 1 amide bonds. The van der Waals surface area contributed by atoms with Crippen LogP contribution in [0.15, 0.2) is 36.4 Å². The van der Waals surface area contributed by atoms with Crippen molar-refractivity contribution in [1.82, 2.24) is 10.2 Å². The summed E-state index contributed by atoms with van der Waals surface area (Å²) in [5.74, 6) is -0.687. The van der Waals surface area contributed by atoms with E-state index in [1.807, 2.05) is 19.1 Å². The molecule has 146 valence electrons. The SMILES string of the molecule is CCN(CC)CCCNC(=O)c1cc(F)ccc1Nc1ccc(I)cc1C. The predicted octanol–water partition coefficient (Wildman–Crippen LogP) is 4.94. The van der Waals surface area contributed by atoms with E-state index < -0.39 is 5.82 Å². The molecule has 6 heteroatoms. The predicted molar refractivity (Wildman–Crippen MR) is 118 cm³/mol. The fourth-order valence-corrected chi connectivity index (χ4v) is 3.51. The third-order valence-corrected chi connectivity index (χ3v) is 5.19. The van der Waals surface area contributed by atoms with E-state index in [4.69, 9.17) is 0 Å². The summed E-state index contributed by atoms with van der Waals surface area (Å²) in [6.45, 7) is 9.74. The monoisotopic (exact) mass is 483 g/mol. The molecule has 0 heterocycles. The first-order valence-corrected chi connectivity index (χ1v) is 10.4. The van der Waals surface area contributed by atoms with Gasteiger partial charge in [-0.2, -0.15) is 0 Å². The van der Waals surface area contributed by atoms with E-state index >= 15 is 0 Å². The van der Waals surface area contributed by atoms with Crippen LogP contribution in [-0.2, 0) is 0 Å². The van der Waals surface area contributed by atoms with Crippen LogP contribution >= 0.6 is 22.6 Å². The lowest BCUT2D eigenvalue weighted by atomic mass is 10.1. The molecule has 0 radical (unpaired) electrons. The number of aryl methyl sites for hydroxylation is 1. The number of carbonyl (C=O) groups excluding carboxylic acids is 1. The number of hydrogen-bond acceptors (Lipinski definition) is 3. The van der Waals surface area contributed by atoms with Gasteiger partial charge in [-0.1, -0.05) is 13.8 Å². The Bertz CT molecular complexity index is 778. The lowest BCUT2D eigenvalue weighted by Crippen LogP contribution is -2.30. The first-order valence-electron chi connectivity index (χ1n) is 9.27. The van der Waals surface area contributed by atoms with Crippen molar-refractivity contribution in [2.45, 2.75) is 27.2 Å². The van der Waals surface area contributed by atoms with E-state index in [1.165, 1.54) is 12.1 Å². The Labute approximate surface area is 174 Å². The molecule has 0 aliphatic carbocycles. The summed E-state index contributed by atoms with van der Waals surface area (Å²) >= 11 is 2.26. The minimum Gasteiger partial charge on any atom is -0.355 e. The van der Waals surface area contributed by atoms with Crippen LogP contribution < -0.4 is 10.6 Å². The number of nitrogens with zero attached hydrogens (tertiary/aromatic N) is 1. The van der Waals surface area contributed by atoms with Crippen molar-refractivity contribution in [3.8, 4) is 0 Å². The molecule has 0 fully saturated rings. The molecule has 0 bridgehead atoms. The van der Waals surface area contributed by atoms with Gasteiger partial charge in [0.15, 0.2) is 0 Å². The quantitative estimate of drug-likeness (QED) is 0.392. The standard InChI is InChI=1S/C21H27FIN3O/c1-4-26(5-2)12-6-11-24-21(27)18-14-16(22)7-9-20(18)25-19-10-8-17(23)13-15(19)3/h7-10,13-14,25H,4-6,11-12H2,1-3H3,(H,24,27). The van der Waals surface area contributed by atoms with Crippen LogP contribution in [0, 0.1) is 16.3 Å². The van der Waals surface area contributed by atoms with Crippen LogP contribution in [0.5, 0.6) is 0 Å². The Morgan fingerprint density at radius 1 is 1.11 bits per heavy atom. The van der Waals surface area contributed by atoms with Gasteiger partial charge in [-0.15, -0.1) is 0 Å². The topological polar surface area (TPSA) is 44.4 Å². The smallest absolute Gasteiger partial charge is 0.253 e. The van der Waals surface area contributed by atoms with Gasteiger partial charge in [0.1, 0.15) is 5.82 Å². The second kappa shape index (κ2) is 10.6. The molecule has 0 atom stereocenters. The van der Waals surface area contributed by atoms with E-state index in [2.05, 4.69) is 58.0 Å². The first kappa shape index (κ1) is 21.6. The molecule has 4 nitrogen and oxygen atoms in total. The van der Waals surface area contributed by atoms with Crippen LogP contribution in [0.3, 0.4) is 0 Å². The molecule has 0 unspecified atom stereocenters. The summed E-state index contributed by atoms with van der Waals surface area (Å²) in [5.41, 5.74) is 2.88. The van der Waals surface area contributed by atoms with E-state index in [0.29, 0.717) is 17.8 Å². The molecule has 2 aromatic carbocycles. The maximum Gasteiger partial charge on any atom is 0.253 e. The summed E-state index contributed by atoms with van der Waals surface area (Å²) in [5, 5.41) is 6.17. The summed E-state index contributed by atoms with van der Waals surface area (Å²) < 4.78 is 14.9. The number of anilines is 2. The van der Waals surface area contributed by atoms with Crippen molar-refractivity contribution in [2.75, 3.05) is 31.5 Å². The molecule has 0 aromatic heterocycles. The zero-order chi connectivity index (χ0) is 19.8. The summed E-state index contributed by atoms with van der Waals surface area (Å²) in [6, 6.07) is 10.3. The van der Waals surface area contributed by atoms with Crippen LogP contribution in [0.25, 0.3) is 0 Å². The summed E-state index contributed by atoms with van der Waals surface area (Å²) in [6.07, 6.45) is 0.863. The first-order chi connectivity index (χ1) is 12.9. The largest absolute Gasteiger partial charge is 0.355 e. The van der Waals surface area contributed by atoms with Crippen LogP contribution in [0.1, 0.15) is 36.2 Å². The van der Waals surface area contributed by atoms with Gasteiger partial charge >= 0.3 is 0 Å². The molecule has 0 spiro atoms. The van der Waals surface area contributed by atoms with Crippen molar-refractivity contribution in [3.05, 3.63) is 56.9 Å². The van der Waals surface area contributed by atoms with Crippen molar-refractivity contribution >= 4 is 39.9 Å². The Morgan fingerprint density at radius 2 is 1.81 bits per heavy atom. The fraction of sp³-hybridized carbons (Fsp3) is 0.381. The molecule has 2 aromatic rings. The van der Waals surface area contributed by atoms with Crippen LogP contribution in [0.2, 0.25) is 0 Å². The van der Waals surface area contributed by atoms with Crippen molar-refractivity contribution in [3.63, 3.8) is 0 Å². The molecule has 0 aliphatic heterocycles. The van der Waals surface area contributed by atoms with Gasteiger partial charge in [0.2, 0.25) is 0 Å². The minimum absolute atomic E-state index is 0.264. The van der Waals surface area contributed by atoms with Crippen LogP contribution in [0.4, 0.5) is 15.8 Å². The molecule has 2 rings (SSSR count). The van der Waals surface area contributed by atoms with Gasteiger partial charge in [0, 0.05) is 15.8 Å². The number of benzene rings is 2. The molecule has 2 N–H and O–H groups in total. The lowest BCUT2D eigenvalue weighted by molar-refractivity contribution is 0.0952. The average Bonchev–Trinajstić information content (AvgIpc) is 2.65. The fourth-order valence-electron chi connectivity index (χ4n) is 2.87. The van der Waals surface area contributed by atoms with E-state index in [9.17, 15) is 9.18 Å². The molecule has 0 saturated heterocycles. The Morgan fingerprint density at radius 3 is 2.48 bits per heavy atom. The lowest BCUT2D eigenvalue weighted by Gasteiger charge is -2.18. The third-order valence-electron chi connectivity index (χ3n) is 4.52. The molecular weight excluding hydrogens is 456 g/mol. The van der Waals surface area contributed by atoms with Gasteiger partial charge in [0.25, 0.3) is 5.91 Å². The maximum absolute atomic E-state index is 13.7. The van der Waals surface area contributed by atoms with Gasteiger partial charge in [0.05, 0.1) is 11.3 Å². The number of carbonyl (C=O) groups is 1. The number of amides is 1. The number of rotatable bonds is 9. The minimum atomic E-state index is -0.423. The second-order valence-corrected chi connectivity index (χ2v) is 7.66. The highest BCUT2D eigenvalue weighted by atomic mass is 127. The number of halogens is 2. The maximum atomic E-state index is 13.7. The highest BCUT2D eigenvalue weighted by Gasteiger charge is 2.13. The van der Waals surface area contributed by atoms with Crippen molar-refractivity contribution < 1.29 is 9.18 Å². The third kappa shape index (κ3) is 6.46. The Balaban J connectivity index is 2.07.